The molecule has 0 atom stereocenters. The number of nitrogen functional groups attached to an aromatic ring is 1. The predicted octanol–water partition coefficient (Wildman–Crippen LogP) is 1.85. The molecule has 0 saturated heterocycles. The lowest BCUT2D eigenvalue weighted by atomic mass is 10.1. The van der Waals surface area contributed by atoms with Crippen molar-refractivity contribution in [2.24, 2.45) is 0 Å². The summed E-state index contributed by atoms with van der Waals surface area (Å²) in [7, 11) is 0. The van der Waals surface area contributed by atoms with Crippen molar-refractivity contribution in [3.8, 4) is 5.75 Å². The average molecular weight is 224 g/mol. The first kappa shape index (κ1) is 12.6. The van der Waals surface area contributed by atoms with Crippen molar-refractivity contribution < 1.29 is 9.84 Å². The minimum atomic E-state index is -0.770. The van der Waals surface area contributed by atoms with Gasteiger partial charge in [0.15, 0.2) is 0 Å². The van der Waals surface area contributed by atoms with Crippen molar-refractivity contribution >= 4 is 11.4 Å². The molecule has 0 aliphatic carbocycles. The van der Waals surface area contributed by atoms with Crippen molar-refractivity contribution in [3.63, 3.8) is 0 Å². The van der Waals surface area contributed by atoms with Crippen LogP contribution in [0, 0.1) is 0 Å². The molecular formula is C12H20N2O2. The number of nitrogens with one attached hydrogen (secondary N) is 1. The van der Waals surface area contributed by atoms with E-state index in [1.54, 1.807) is 13.8 Å². The van der Waals surface area contributed by atoms with Crippen LogP contribution in [0.25, 0.3) is 0 Å². The molecule has 0 radical (unpaired) electrons. The smallest absolute Gasteiger partial charge is 0.144 e. The Morgan fingerprint density at radius 3 is 2.69 bits per heavy atom. The molecule has 0 bridgehead atoms. The molecule has 0 amide bonds. The van der Waals surface area contributed by atoms with E-state index in [2.05, 4.69) is 5.32 Å². The van der Waals surface area contributed by atoms with Gasteiger partial charge in [-0.25, -0.2) is 0 Å². The highest BCUT2D eigenvalue weighted by atomic mass is 16.5. The van der Waals surface area contributed by atoms with E-state index in [-0.39, 0.29) is 0 Å². The number of anilines is 2. The zero-order valence-corrected chi connectivity index (χ0v) is 10.1. The van der Waals surface area contributed by atoms with Gasteiger partial charge in [-0.05, 0) is 32.9 Å². The first-order chi connectivity index (χ1) is 7.44. The standard InChI is InChI=1S/C12H20N2O2/c1-4-16-10-7-5-6-9(11(10)13)14-8-12(2,3)15/h5-7,14-15H,4,8,13H2,1-3H3. The molecule has 4 nitrogen and oxygen atoms in total. The second kappa shape index (κ2) is 5.07. The van der Waals surface area contributed by atoms with Gasteiger partial charge in [-0.1, -0.05) is 6.07 Å². The second-order valence-corrected chi connectivity index (χ2v) is 4.32. The number of ether oxygens (including phenoxy) is 1. The molecule has 0 aromatic heterocycles. The Hall–Kier alpha value is -1.42. The number of aliphatic hydroxyl groups is 1. The Kier molecular flexibility index (Phi) is 4.01. The second-order valence-electron chi connectivity index (χ2n) is 4.32. The average Bonchev–Trinajstić information content (AvgIpc) is 2.18. The fraction of sp³-hybridized carbons (Fsp3) is 0.500. The van der Waals surface area contributed by atoms with Gasteiger partial charge >= 0.3 is 0 Å². The molecule has 0 heterocycles. The summed E-state index contributed by atoms with van der Waals surface area (Å²) in [5.41, 5.74) is 6.52. The summed E-state index contributed by atoms with van der Waals surface area (Å²) < 4.78 is 5.38. The number of benzene rings is 1. The lowest BCUT2D eigenvalue weighted by Gasteiger charge is -2.20. The highest BCUT2D eigenvalue weighted by molar-refractivity contribution is 5.72. The minimum absolute atomic E-state index is 0.437. The van der Waals surface area contributed by atoms with Crippen molar-refractivity contribution in [1.82, 2.24) is 0 Å². The molecule has 0 spiro atoms. The summed E-state index contributed by atoms with van der Waals surface area (Å²) in [5, 5.41) is 12.7. The summed E-state index contributed by atoms with van der Waals surface area (Å²) in [6, 6.07) is 5.56. The summed E-state index contributed by atoms with van der Waals surface area (Å²) in [4.78, 5) is 0. The van der Waals surface area contributed by atoms with Crippen LogP contribution in [-0.4, -0.2) is 23.9 Å². The Morgan fingerprint density at radius 2 is 2.12 bits per heavy atom. The lowest BCUT2D eigenvalue weighted by Crippen LogP contribution is -2.29. The Balaban J connectivity index is 2.77. The van der Waals surface area contributed by atoms with Crippen molar-refractivity contribution in [2.75, 3.05) is 24.2 Å². The molecular weight excluding hydrogens is 204 g/mol. The first-order valence-electron chi connectivity index (χ1n) is 5.41. The van der Waals surface area contributed by atoms with E-state index in [0.717, 1.165) is 5.69 Å². The number of hydrogen-bond donors (Lipinski definition) is 3. The van der Waals surface area contributed by atoms with Crippen molar-refractivity contribution in [1.29, 1.82) is 0 Å². The van der Waals surface area contributed by atoms with Crippen LogP contribution in [0.5, 0.6) is 5.75 Å². The number of nitrogens with two attached hydrogens (primary N) is 1. The Labute approximate surface area is 96.4 Å². The topological polar surface area (TPSA) is 67.5 Å². The van der Waals surface area contributed by atoms with Crippen LogP contribution in [0.15, 0.2) is 18.2 Å². The fourth-order valence-electron chi connectivity index (χ4n) is 1.29. The van der Waals surface area contributed by atoms with Crippen LogP contribution in [0.2, 0.25) is 0 Å². The normalized spacial score (nSPS) is 11.2. The lowest BCUT2D eigenvalue weighted by molar-refractivity contribution is 0.0945. The predicted molar refractivity (Wildman–Crippen MR) is 66.8 cm³/mol. The quantitative estimate of drug-likeness (QED) is 0.668. The largest absolute Gasteiger partial charge is 0.492 e. The van der Waals surface area contributed by atoms with E-state index in [9.17, 15) is 5.11 Å². The Morgan fingerprint density at radius 1 is 1.44 bits per heavy atom. The van der Waals surface area contributed by atoms with Crippen LogP contribution < -0.4 is 15.8 Å². The highest BCUT2D eigenvalue weighted by Crippen LogP contribution is 2.29. The summed E-state index contributed by atoms with van der Waals surface area (Å²) in [6.45, 7) is 6.41. The first-order valence-corrected chi connectivity index (χ1v) is 5.41. The van der Waals surface area contributed by atoms with Crippen LogP contribution >= 0.6 is 0 Å². The maximum absolute atomic E-state index is 9.61. The minimum Gasteiger partial charge on any atom is -0.492 e. The monoisotopic (exact) mass is 224 g/mol. The van der Waals surface area contributed by atoms with E-state index in [1.165, 1.54) is 0 Å². The van der Waals surface area contributed by atoms with Crippen LogP contribution in [0.4, 0.5) is 11.4 Å². The fourth-order valence-corrected chi connectivity index (χ4v) is 1.29. The molecule has 90 valence electrons. The molecule has 1 aromatic rings. The molecule has 1 aromatic carbocycles. The van der Waals surface area contributed by atoms with Gasteiger partial charge in [0.25, 0.3) is 0 Å². The summed E-state index contributed by atoms with van der Waals surface area (Å²) >= 11 is 0. The van der Waals surface area contributed by atoms with Crippen LogP contribution in [-0.2, 0) is 0 Å². The number of rotatable bonds is 5. The number of hydrogen-bond acceptors (Lipinski definition) is 4. The van der Waals surface area contributed by atoms with E-state index in [1.807, 2.05) is 25.1 Å². The van der Waals surface area contributed by atoms with Gasteiger partial charge in [0, 0.05) is 6.54 Å². The maximum Gasteiger partial charge on any atom is 0.144 e. The van der Waals surface area contributed by atoms with Gasteiger partial charge in [-0.3, -0.25) is 0 Å². The van der Waals surface area contributed by atoms with E-state index >= 15 is 0 Å². The van der Waals surface area contributed by atoms with Gasteiger partial charge in [0.2, 0.25) is 0 Å². The molecule has 0 fully saturated rings. The van der Waals surface area contributed by atoms with E-state index in [4.69, 9.17) is 10.5 Å². The molecule has 0 aliphatic heterocycles. The molecule has 16 heavy (non-hydrogen) atoms. The third kappa shape index (κ3) is 3.62. The number of para-hydroxylation sites is 1. The van der Waals surface area contributed by atoms with Crippen molar-refractivity contribution in [2.45, 2.75) is 26.4 Å². The molecule has 0 saturated carbocycles. The van der Waals surface area contributed by atoms with E-state index in [0.29, 0.717) is 24.6 Å². The van der Waals surface area contributed by atoms with Crippen LogP contribution in [0.1, 0.15) is 20.8 Å². The van der Waals surface area contributed by atoms with E-state index < -0.39 is 5.60 Å². The third-order valence-electron chi connectivity index (χ3n) is 2.08. The highest BCUT2D eigenvalue weighted by Gasteiger charge is 2.13. The third-order valence-corrected chi connectivity index (χ3v) is 2.08. The van der Waals surface area contributed by atoms with Crippen LogP contribution in [0.3, 0.4) is 0 Å². The maximum atomic E-state index is 9.61. The Bertz CT molecular complexity index is 345. The SMILES string of the molecule is CCOc1cccc(NCC(C)(C)O)c1N. The molecule has 1 rings (SSSR count). The summed E-state index contributed by atoms with van der Waals surface area (Å²) in [5.74, 6) is 0.670. The van der Waals surface area contributed by atoms with Gasteiger partial charge in [0.05, 0.1) is 23.6 Å². The zero-order valence-electron chi connectivity index (χ0n) is 10.1. The molecule has 0 aliphatic rings. The summed E-state index contributed by atoms with van der Waals surface area (Å²) in [6.07, 6.45) is 0. The zero-order chi connectivity index (χ0) is 12.2. The molecule has 4 N–H and O–H groups in total. The van der Waals surface area contributed by atoms with Gasteiger partial charge in [-0.2, -0.15) is 0 Å². The molecule has 0 unspecified atom stereocenters. The molecule has 4 heteroatoms. The van der Waals surface area contributed by atoms with Gasteiger partial charge in [0.1, 0.15) is 5.75 Å². The van der Waals surface area contributed by atoms with Gasteiger partial charge in [-0.15, -0.1) is 0 Å². The van der Waals surface area contributed by atoms with Gasteiger partial charge < -0.3 is 20.9 Å². The van der Waals surface area contributed by atoms with Crippen molar-refractivity contribution in [3.05, 3.63) is 18.2 Å².